The summed E-state index contributed by atoms with van der Waals surface area (Å²) in [5.41, 5.74) is 0. The normalized spacial score (nSPS) is 29.2. The molecule has 0 aromatic carbocycles. The Hall–Kier alpha value is -0.720. The summed E-state index contributed by atoms with van der Waals surface area (Å²) in [4.78, 5) is 10.9. The minimum absolute atomic E-state index is 0.244. The molecule has 2 aliphatic heterocycles. The van der Waals surface area contributed by atoms with Crippen molar-refractivity contribution < 1.29 is 9.47 Å². The zero-order valence-electron chi connectivity index (χ0n) is 8.67. The van der Waals surface area contributed by atoms with Crippen LogP contribution in [0, 0.1) is 0 Å². The van der Waals surface area contributed by atoms with Crippen LogP contribution < -0.4 is 4.90 Å². The Kier molecular flexibility index (Phi) is 2.79. The van der Waals surface area contributed by atoms with Gasteiger partial charge in [-0.3, -0.25) is 0 Å². The molecule has 0 atom stereocenters. The summed E-state index contributed by atoms with van der Waals surface area (Å²) in [6.45, 7) is 2.76. The van der Waals surface area contributed by atoms with Gasteiger partial charge in [0, 0.05) is 12.4 Å². The first-order valence-corrected chi connectivity index (χ1v) is 6.05. The predicted octanol–water partition coefficient (Wildman–Crippen LogP) is 0.843. The van der Waals surface area contributed by atoms with Crippen molar-refractivity contribution >= 4 is 21.9 Å². The number of ether oxygens (including phenoxy) is 2. The second-order valence-electron chi connectivity index (χ2n) is 3.99. The van der Waals surface area contributed by atoms with Crippen LogP contribution in [0.1, 0.15) is 0 Å². The van der Waals surface area contributed by atoms with Gasteiger partial charge in [0.1, 0.15) is 0 Å². The minimum atomic E-state index is 0.244. The third kappa shape index (κ3) is 1.81. The average Bonchev–Trinajstić information content (AvgIpc) is 2.29. The molecule has 2 aliphatic rings. The number of morpholine rings is 2. The van der Waals surface area contributed by atoms with E-state index >= 15 is 0 Å². The molecule has 3 rings (SSSR count). The molecule has 0 spiro atoms. The van der Waals surface area contributed by atoms with E-state index in [1.165, 1.54) is 0 Å². The number of hydrogen-bond donors (Lipinski definition) is 0. The maximum Gasteiger partial charge on any atom is 0.226 e. The fraction of sp³-hybridized carbons (Fsp3) is 0.600. The highest BCUT2D eigenvalue weighted by atomic mass is 79.9. The summed E-state index contributed by atoms with van der Waals surface area (Å²) >= 11 is 3.34. The van der Waals surface area contributed by atoms with Crippen LogP contribution >= 0.6 is 15.9 Å². The van der Waals surface area contributed by atoms with Gasteiger partial charge in [-0.15, -0.1) is 0 Å². The molecule has 1 aromatic heterocycles. The maximum atomic E-state index is 5.53. The number of halogens is 1. The van der Waals surface area contributed by atoms with Crippen molar-refractivity contribution in [2.75, 3.05) is 31.3 Å². The first-order valence-electron chi connectivity index (χ1n) is 5.26. The van der Waals surface area contributed by atoms with Gasteiger partial charge in [-0.1, -0.05) is 0 Å². The van der Waals surface area contributed by atoms with Crippen molar-refractivity contribution in [2.45, 2.75) is 12.1 Å². The van der Waals surface area contributed by atoms with Gasteiger partial charge in [0.15, 0.2) is 0 Å². The molecular weight excluding hydrogens is 274 g/mol. The zero-order valence-corrected chi connectivity index (χ0v) is 10.3. The first-order chi connectivity index (χ1) is 7.84. The highest BCUT2D eigenvalue weighted by Gasteiger charge is 2.36. The van der Waals surface area contributed by atoms with Gasteiger partial charge in [0.2, 0.25) is 5.95 Å². The Balaban J connectivity index is 1.89. The van der Waals surface area contributed by atoms with Crippen molar-refractivity contribution in [3.63, 3.8) is 0 Å². The lowest BCUT2D eigenvalue weighted by atomic mass is 10.1. The summed E-state index contributed by atoms with van der Waals surface area (Å²) < 4.78 is 11.9. The minimum Gasteiger partial charge on any atom is -0.377 e. The molecule has 0 radical (unpaired) electrons. The van der Waals surface area contributed by atoms with Gasteiger partial charge in [0.05, 0.1) is 43.0 Å². The fourth-order valence-corrected chi connectivity index (χ4v) is 2.37. The molecule has 5 nitrogen and oxygen atoms in total. The zero-order chi connectivity index (χ0) is 11.0. The molecule has 0 amide bonds. The summed E-state index contributed by atoms with van der Waals surface area (Å²) in [6, 6.07) is 0.488. The van der Waals surface area contributed by atoms with E-state index in [9.17, 15) is 0 Å². The van der Waals surface area contributed by atoms with Crippen LogP contribution in [-0.2, 0) is 9.47 Å². The van der Waals surface area contributed by atoms with E-state index in [0.29, 0.717) is 26.4 Å². The van der Waals surface area contributed by atoms with E-state index in [-0.39, 0.29) is 12.1 Å². The molecule has 0 N–H and O–H groups in total. The van der Waals surface area contributed by atoms with Gasteiger partial charge in [0.25, 0.3) is 0 Å². The second kappa shape index (κ2) is 4.27. The summed E-state index contributed by atoms with van der Waals surface area (Å²) in [5.74, 6) is 0.768. The summed E-state index contributed by atoms with van der Waals surface area (Å²) in [7, 11) is 0. The SMILES string of the molecule is Brc1cnc(N2C3COCC2COC3)nc1. The largest absolute Gasteiger partial charge is 0.377 e. The van der Waals surface area contributed by atoms with Crippen LogP contribution in [0.3, 0.4) is 0 Å². The highest BCUT2D eigenvalue weighted by Crippen LogP contribution is 2.24. The van der Waals surface area contributed by atoms with Crippen molar-refractivity contribution in [2.24, 2.45) is 0 Å². The van der Waals surface area contributed by atoms with Crippen LogP contribution in [0.4, 0.5) is 5.95 Å². The van der Waals surface area contributed by atoms with Gasteiger partial charge in [-0.2, -0.15) is 0 Å². The van der Waals surface area contributed by atoms with Gasteiger partial charge in [-0.25, -0.2) is 9.97 Å². The van der Waals surface area contributed by atoms with Crippen LogP contribution in [0.25, 0.3) is 0 Å². The molecule has 0 saturated carbocycles. The molecule has 0 aliphatic carbocycles. The number of aromatic nitrogens is 2. The molecule has 0 unspecified atom stereocenters. The van der Waals surface area contributed by atoms with Gasteiger partial charge >= 0.3 is 0 Å². The number of rotatable bonds is 1. The molecule has 16 heavy (non-hydrogen) atoms. The van der Waals surface area contributed by atoms with Crippen molar-refractivity contribution in [1.29, 1.82) is 0 Å². The molecule has 6 heteroatoms. The molecule has 2 fully saturated rings. The Bertz CT molecular complexity index is 351. The van der Waals surface area contributed by atoms with Crippen molar-refractivity contribution in [3.8, 4) is 0 Å². The fourth-order valence-electron chi connectivity index (χ4n) is 2.16. The Morgan fingerprint density at radius 3 is 2.06 bits per heavy atom. The molecule has 2 bridgehead atoms. The van der Waals surface area contributed by atoms with E-state index in [4.69, 9.17) is 9.47 Å². The summed E-state index contributed by atoms with van der Waals surface area (Å²) in [5, 5.41) is 0. The average molecular weight is 286 g/mol. The molecule has 1 aromatic rings. The van der Waals surface area contributed by atoms with Crippen LogP contribution in [-0.4, -0.2) is 48.5 Å². The lowest BCUT2D eigenvalue weighted by molar-refractivity contribution is -0.0355. The van der Waals surface area contributed by atoms with Crippen LogP contribution in [0.5, 0.6) is 0 Å². The highest BCUT2D eigenvalue weighted by molar-refractivity contribution is 9.10. The maximum absolute atomic E-state index is 5.53. The third-order valence-corrected chi connectivity index (χ3v) is 3.27. The first kappa shape index (κ1) is 10.4. The Labute approximate surface area is 102 Å². The number of anilines is 1. The predicted molar refractivity (Wildman–Crippen MR) is 61.4 cm³/mol. The van der Waals surface area contributed by atoms with E-state index < -0.39 is 0 Å². The van der Waals surface area contributed by atoms with E-state index in [0.717, 1.165) is 10.4 Å². The standard InChI is InChI=1S/C10H12BrN3O2/c11-7-1-12-10(13-2-7)14-8-3-15-5-9(14)6-16-4-8/h1-2,8-9H,3-6H2. The molecule has 2 saturated heterocycles. The van der Waals surface area contributed by atoms with Gasteiger partial charge < -0.3 is 14.4 Å². The number of hydrogen-bond acceptors (Lipinski definition) is 5. The van der Waals surface area contributed by atoms with E-state index in [1.807, 2.05) is 0 Å². The van der Waals surface area contributed by atoms with Crippen molar-refractivity contribution in [1.82, 2.24) is 9.97 Å². The van der Waals surface area contributed by atoms with E-state index in [2.05, 4.69) is 30.8 Å². The van der Waals surface area contributed by atoms with E-state index in [1.54, 1.807) is 12.4 Å². The topological polar surface area (TPSA) is 47.5 Å². The lowest BCUT2D eigenvalue weighted by Gasteiger charge is -2.45. The number of fused-ring (bicyclic) bond motifs is 2. The van der Waals surface area contributed by atoms with Crippen molar-refractivity contribution in [3.05, 3.63) is 16.9 Å². The lowest BCUT2D eigenvalue weighted by Crippen LogP contribution is -2.60. The summed E-state index contributed by atoms with van der Waals surface area (Å²) in [6.07, 6.45) is 3.54. The third-order valence-electron chi connectivity index (χ3n) is 2.87. The van der Waals surface area contributed by atoms with Crippen LogP contribution in [0.15, 0.2) is 16.9 Å². The Morgan fingerprint density at radius 2 is 1.56 bits per heavy atom. The molecule has 3 heterocycles. The molecular formula is C10H12BrN3O2. The quantitative estimate of drug-likeness (QED) is 0.765. The van der Waals surface area contributed by atoms with Crippen LogP contribution in [0.2, 0.25) is 0 Å². The monoisotopic (exact) mass is 285 g/mol. The van der Waals surface area contributed by atoms with Gasteiger partial charge in [-0.05, 0) is 15.9 Å². The number of nitrogens with zero attached hydrogens (tertiary/aromatic N) is 3. The Morgan fingerprint density at radius 1 is 1.06 bits per heavy atom. The molecule has 86 valence electrons. The smallest absolute Gasteiger partial charge is 0.226 e. The second-order valence-corrected chi connectivity index (χ2v) is 4.91.